The van der Waals surface area contributed by atoms with Crippen molar-refractivity contribution in [2.24, 2.45) is 10.1 Å². The molecule has 0 fully saturated rings. The van der Waals surface area contributed by atoms with Gasteiger partial charge in [-0.05, 0) is 86.4 Å². The number of nitrogens with two attached hydrogens (primary N) is 1. The number of fused-ring (bicyclic) bond motifs is 1. The van der Waals surface area contributed by atoms with Gasteiger partial charge in [-0.15, -0.1) is 16.8 Å². The highest BCUT2D eigenvalue weighted by atomic mass is 35.5. The molecule has 1 amide bonds. The van der Waals surface area contributed by atoms with Gasteiger partial charge in [-0.25, -0.2) is 5.43 Å². The number of hydrazine groups is 1. The second-order valence-electron chi connectivity index (χ2n) is 8.08. The summed E-state index contributed by atoms with van der Waals surface area (Å²) in [6.45, 7) is 5.75. The fourth-order valence-electron chi connectivity index (χ4n) is 3.74. The second-order valence-corrected chi connectivity index (χ2v) is 10.7. The van der Waals surface area contributed by atoms with Gasteiger partial charge >= 0.3 is 0 Å². The molecule has 1 aliphatic carbocycles. The van der Waals surface area contributed by atoms with Crippen LogP contribution in [0.15, 0.2) is 50.3 Å². The summed E-state index contributed by atoms with van der Waals surface area (Å²) >= 11 is 1.40. The predicted octanol–water partition coefficient (Wildman–Crippen LogP) is 3.18. The molecule has 0 unspecified atom stereocenters. The number of hydrogen-bond acceptors (Lipinski definition) is 7. The Kier molecular flexibility index (Phi) is 10.4. The van der Waals surface area contributed by atoms with Crippen molar-refractivity contribution < 1.29 is 17.9 Å². The van der Waals surface area contributed by atoms with E-state index in [1.54, 1.807) is 31.3 Å². The van der Waals surface area contributed by atoms with Crippen molar-refractivity contribution in [2.75, 3.05) is 13.7 Å². The number of carbonyl (C=O) groups excluding carboxylic acids is 1. The van der Waals surface area contributed by atoms with Crippen molar-refractivity contribution in [1.82, 2.24) is 15.2 Å². The maximum Gasteiger partial charge on any atom is 0.284 e. The van der Waals surface area contributed by atoms with Gasteiger partial charge in [0.1, 0.15) is 12.1 Å². The number of rotatable bonds is 10. The predicted molar refractivity (Wildman–Crippen MR) is 143 cm³/mol. The summed E-state index contributed by atoms with van der Waals surface area (Å²) in [6, 6.07) is 1.08. The lowest BCUT2D eigenvalue weighted by atomic mass is 10.1. The number of nitrogens with zero attached hydrogens (tertiary/aromatic N) is 2. The molecule has 0 spiro atoms. The van der Waals surface area contributed by atoms with Crippen molar-refractivity contribution in [3.8, 4) is 5.75 Å². The standard InChI is InChI=1S/C23H31N5O4S2.ClH/c1-15-12-20(32-4)16(2)17(3)22(15)34(30,31)27-14-26-25-11-7-9-19(24)23(29)28-13-18-8-5-6-10-21(18)33-28;/h5-6,10,12-14,19,25H,7-9,11,24H2,1-4H3,(H,26,27);1H/t19-;/m0./s1. The minimum absolute atomic E-state index is 0. The van der Waals surface area contributed by atoms with Crippen LogP contribution in [0.4, 0.5) is 0 Å². The Balaban J connectivity index is 0.00000432. The first-order valence-corrected chi connectivity index (χ1v) is 13.1. The molecule has 1 heterocycles. The van der Waals surface area contributed by atoms with E-state index in [1.807, 2.05) is 25.3 Å². The number of amides is 1. The van der Waals surface area contributed by atoms with Gasteiger partial charge in [0.05, 0.1) is 18.0 Å². The van der Waals surface area contributed by atoms with E-state index in [-0.39, 0.29) is 23.2 Å². The minimum atomic E-state index is -3.88. The van der Waals surface area contributed by atoms with Crippen LogP contribution < -0.4 is 21.3 Å². The zero-order valence-corrected chi connectivity index (χ0v) is 22.6. The third-order valence-electron chi connectivity index (χ3n) is 5.67. The van der Waals surface area contributed by atoms with Crippen LogP contribution >= 0.6 is 24.4 Å². The van der Waals surface area contributed by atoms with E-state index in [2.05, 4.69) is 21.3 Å². The van der Waals surface area contributed by atoms with Crippen LogP contribution in [0.2, 0.25) is 0 Å². The van der Waals surface area contributed by atoms with E-state index in [0.29, 0.717) is 36.3 Å². The number of ether oxygens (including phenoxy) is 1. The summed E-state index contributed by atoms with van der Waals surface area (Å²) in [5.74, 6) is 0.510. The molecule has 9 nitrogen and oxygen atoms in total. The van der Waals surface area contributed by atoms with E-state index in [9.17, 15) is 13.2 Å². The third-order valence-corrected chi connectivity index (χ3v) is 8.28. The molecular weight excluding hydrogens is 510 g/mol. The molecule has 0 saturated heterocycles. The van der Waals surface area contributed by atoms with Crippen LogP contribution in [0, 0.1) is 20.8 Å². The first-order valence-electron chi connectivity index (χ1n) is 10.9. The van der Waals surface area contributed by atoms with Crippen molar-refractivity contribution in [1.29, 1.82) is 0 Å². The molecule has 3 rings (SSSR count). The molecule has 0 bridgehead atoms. The van der Waals surface area contributed by atoms with E-state index in [1.165, 1.54) is 11.9 Å². The molecule has 192 valence electrons. The van der Waals surface area contributed by atoms with Crippen LogP contribution in [0.25, 0.3) is 0 Å². The zero-order valence-electron chi connectivity index (χ0n) is 20.2. The summed E-state index contributed by atoms with van der Waals surface area (Å²) in [5, 5.41) is 0. The number of halogens is 1. The Labute approximate surface area is 217 Å². The Bertz CT molecular complexity index is 1180. The van der Waals surface area contributed by atoms with Gasteiger partial charge in [-0.3, -0.25) is 9.10 Å². The molecular formula is C23H32ClN5O4S2. The first-order chi connectivity index (χ1) is 16.2. The molecule has 0 saturated carbocycles. The van der Waals surface area contributed by atoms with Gasteiger partial charge in [0.25, 0.3) is 15.9 Å². The lowest BCUT2D eigenvalue weighted by Crippen LogP contribution is -2.39. The molecule has 2 aliphatic rings. The van der Waals surface area contributed by atoms with Crippen LogP contribution in [0.1, 0.15) is 36.0 Å². The van der Waals surface area contributed by atoms with Gasteiger partial charge in [-0.1, -0.05) is 12.2 Å². The highest BCUT2D eigenvalue weighted by molar-refractivity contribution is 8.02. The number of allylic oxidation sites excluding steroid dienone is 4. The number of methoxy groups -OCH3 is 1. The number of sulfonamides is 1. The SMILES string of the molecule is COc1cc(C)c(S(=O)(=O)N=CNNCCC[C@H](N)C(=O)N2C=C3CC=CC=C3S2)c(C)c1C.Cl. The Morgan fingerprint density at radius 1 is 1.34 bits per heavy atom. The normalized spacial score (nSPS) is 15.9. The number of carbonyl (C=O) groups is 1. The van der Waals surface area contributed by atoms with E-state index in [0.717, 1.165) is 28.8 Å². The largest absolute Gasteiger partial charge is 0.496 e. The van der Waals surface area contributed by atoms with E-state index in [4.69, 9.17) is 10.5 Å². The van der Waals surface area contributed by atoms with E-state index >= 15 is 0 Å². The summed E-state index contributed by atoms with van der Waals surface area (Å²) in [7, 11) is -2.33. The van der Waals surface area contributed by atoms with Gasteiger partial charge in [0.15, 0.2) is 0 Å². The molecule has 1 aliphatic heterocycles. The van der Waals surface area contributed by atoms with Gasteiger partial charge < -0.3 is 15.9 Å². The van der Waals surface area contributed by atoms with Crippen molar-refractivity contribution in [3.63, 3.8) is 0 Å². The first kappa shape index (κ1) is 28.9. The van der Waals surface area contributed by atoms with Crippen LogP contribution in [0.5, 0.6) is 5.75 Å². The molecule has 35 heavy (non-hydrogen) atoms. The number of hydrogen-bond donors (Lipinski definition) is 3. The maximum absolute atomic E-state index is 12.7. The van der Waals surface area contributed by atoms with Crippen molar-refractivity contribution >= 4 is 46.6 Å². The average Bonchev–Trinajstić information content (AvgIpc) is 3.24. The fraction of sp³-hybridized carbons (Fsp3) is 0.391. The fourth-order valence-corrected chi connectivity index (χ4v) is 6.05. The number of nitrogens with one attached hydrogen (secondary N) is 2. The molecule has 1 aromatic carbocycles. The maximum atomic E-state index is 12.7. The third kappa shape index (κ3) is 6.89. The molecule has 0 aromatic heterocycles. The monoisotopic (exact) mass is 541 g/mol. The molecule has 1 aromatic rings. The van der Waals surface area contributed by atoms with Gasteiger partial charge in [0, 0.05) is 17.6 Å². The quantitative estimate of drug-likeness (QED) is 0.135. The van der Waals surface area contributed by atoms with Crippen molar-refractivity contribution in [2.45, 2.75) is 51.0 Å². The summed E-state index contributed by atoms with van der Waals surface area (Å²) < 4.78 is 36.1. The number of aryl methyl sites for hydroxylation is 1. The highest BCUT2D eigenvalue weighted by Gasteiger charge is 2.28. The Hall–Kier alpha value is -2.31. The smallest absolute Gasteiger partial charge is 0.284 e. The van der Waals surface area contributed by atoms with E-state index < -0.39 is 16.1 Å². The molecule has 12 heteroatoms. The highest BCUT2D eigenvalue weighted by Crippen LogP contribution is 2.39. The summed E-state index contributed by atoms with van der Waals surface area (Å²) in [4.78, 5) is 13.8. The van der Waals surface area contributed by atoms with Gasteiger partial charge in [-0.2, -0.15) is 8.42 Å². The van der Waals surface area contributed by atoms with Crippen LogP contribution in [-0.4, -0.2) is 44.7 Å². The van der Waals surface area contributed by atoms with Gasteiger partial charge in [0.2, 0.25) is 0 Å². The number of benzene rings is 1. The van der Waals surface area contributed by atoms with Crippen LogP contribution in [-0.2, 0) is 14.8 Å². The Morgan fingerprint density at radius 3 is 2.77 bits per heavy atom. The lowest BCUT2D eigenvalue weighted by molar-refractivity contribution is -0.125. The molecule has 4 N–H and O–H groups in total. The summed E-state index contributed by atoms with van der Waals surface area (Å²) in [5.41, 5.74) is 14.7. The minimum Gasteiger partial charge on any atom is -0.496 e. The van der Waals surface area contributed by atoms with Crippen LogP contribution in [0.3, 0.4) is 0 Å². The zero-order chi connectivity index (χ0) is 24.9. The second kappa shape index (κ2) is 12.6. The average molecular weight is 542 g/mol. The van der Waals surface area contributed by atoms with Crippen molar-refractivity contribution in [3.05, 3.63) is 57.7 Å². The topological polar surface area (TPSA) is 126 Å². The molecule has 1 atom stereocenters. The summed E-state index contributed by atoms with van der Waals surface area (Å²) in [6.07, 6.45) is 10.9. The lowest BCUT2D eigenvalue weighted by Gasteiger charge is -2.17. The Morgan fingerprint density at radius 2 is 2.09 bits per heavy atom. The molecule has 0 radical (unpaired) electrons.